The fourth-order valence-corrected chi connectivity index (χ4v) is 19.4. The molecule has 2 saturated carbocycles. The number of esters is 1. The number of Topliss-reactive ketones (excluding diaryl/α,β-unsaturated/α-hetero) is 2. The summed E-state index contributed by atoms with van der Waals surface area (Å²) in [4.78, 5) is 48.7. The maximum atomic E-state index is 15.9. The molecular weight excluding hydrogens is 1190 g/mol. The number of carbonyl (C=O) groups excluding carboxylic acids is 3. The van der Waals surface area contributed by atoms with Crippen LogP contribution in [-0.4, -0.2) is 85.5 Å². The molecule has 6 aromatic rings. The van der Waals surface area contributed by atoms with Crippen LogP contribution in [0.3, 0.4) is 0 Å². The van der Waals surface area contributed by atoms with Gasteiger partial charge in [0.05, 0.1) is 30.9 Å². The van der Waals surface area contributed by atoms with Gasteiger partial charge in [0.15, 0.2) is 11.5 Å². The van der Waals surface area contributed by atoms with E-state index in [0.29, 0.717) is 63.1 Å². The molecule has 7 N–H and O–H groups in total. The van der Waals surface area contributed by atoms with Gasteiger partial charge in [0.2, 0.25) is 5.75 Å². The molecule has 0 radical (unpaired) electrons. The topological polar surface area (TPSA) is 216 Å². The number of nitrogens with one attached hydrogen (secondary N) is 2. The molecule has 0 unspecified atom stereocenters. The molecule has 14 bridgehead atoms. The van der Waals surface area contributed by atoms with Gasteiger partial charge in [-0.05, 0) is 201 Å². The van der Waals surface area contributed by atoms with Gasteiger partial charge in [0.1, 0.15) is 40.7 Å². The van der Waals surface area contributed by atoms with E-state index in [1.165, 1.54) is 25.7 Å². The van der Waals surface area contributed by atoms with Crippen molar-refractivity contribution in [1.29, 1.82) is 0 Å². The summed E-state index contributed by atoms with van der Waals surface area (Å²) < 4.78 is 21.3. The number of aromatic nitrogens is 2. The zero-order valence-electron chi connectivity index (χ0n) is 54.5. The van der Waals surface area contributed by atoms with Crippen molar-refractivity contribution in [3.63, 3.8) is 0 Å². The highest BCUT2D eigenvalue weighted by molar-refractivity contribution is 6.00. The summed E-state index contributed by atoms with van der Waals surface area (Å²) in [6.45, 7) is 3.78. The highest BCUT2D eigenvalue weighted by atomic mass is 16.5. The maximum absolute atomic E-state index is 15.9. The number of fused-ring (bicyclic) bond motifs is 6. The number of allylic oxidation sites excluding steroid dienone is 8. The number of carbonyl (C=O) groups is 3. The molecule has 12 atom stereocenters. The van der Waals surface area contributed by atoms with Crippen molar-refractivity contribution in [2.45, 2.75) is 159 Å². The number of aromatic hydroxyl groups is 3. The lowest BCUT2D eigenvalue weighted by atomic mass is 9.53. The van der Waals surface area contributed by atoms with Crippen molar-refractivity contribution in [2.24, 2.45) is 34.0 Å². The maximum Gasteiger partial charge on any atom is 0.302 e. The summed E-state index contributed by atoms with van der Waals surface area (Å²) in [6.07, 6.45) is 30.9. The molecular formula is C80H86N4O11. The van der Waals surface area contributed by atoms with Crippen LogP contribution < -0.4 is 19.7 Å². The molecule has 4 aliphatic heterocycles. The number of ether oxygens (including phenoxy) is 3. The van der Waals surface area contributed by atoms with Crippen molar-refractivity contribution in [2.75, 3.05) is 31.7 Å². The second kappa shape index (κ2) is 24.8. The number of aromatic amines is 1. The van der Waals surface area contributed by atoms with Gasteiger partial charge in [-0.1, -0.05) is 72.1 Å². The first-order valence-corrected chi connectivity index (χ1v) is 34.5. The Labute approximate surface area is 555 Å². The number of methoxy groups -OCH3 is 1. The van der Waals surface area contributed by atoms with Crippen molar-refractivity contribution >= 4 is 34.0 Å². The minimum Gasteiger partial charge on any atom is -0.508 e. The van der Waals surface area contributed by atoms with Gasteiger partial charge in [0.25, 0.3) is 0 Å². The molecule has 6 aliphatic carbocycles. The van der Waals surface area contributed by atoms with Crippen LogP contribution in [0.2, 0.25) is 0 Å². The molecule has 6 heterocycles. The van der Waals surface area contributed by atoms with E-state index >= 15 is 4.79 Å². The van der Waals surface area contributed by atoms with Crippen molar-refractivity contribution in [1.82, 2.24) is 14.9 Å². The summed E-state index contributed by atoms with van der Waals surface area (Å²) in [5.41, 5.74) is 7.95. The number of ketones is 2. The molecule has 3 spiro atoms. The predicted octanol–water partition coefficient (Wildman–Crippen LogP) is 14.3. The van der Waals surface area contributed by atoms with E-state index in [2.05, 4.69) is 111 Å². The molecule has 0 saturated heterocycles. The summed E-state index contributed by atoms with van der Waals surface area (Å²) >= 11 is 0. The number of H-pyrrole nitrogens is 1. The minimum absolute atomic E-state index is 0.00363. The van der Waals surface area contributed by atoms with Crippen molar-refractivity contribution < 1.29 is 54.1 Å². The Kier molecular flexibility index (Phi) is 16.3. The molecule has 492 valence electrons. The number of hydrogen-bond donors (Lipinski definition) is 7. The molecule has 2 aromatic heterocycles. The summed E-state index contributed by atoms with van der Waals surface area (Å²) in [7, 11) is 1.50. The Morgan fingerprint density at radius 3 is 2.61 bits per heavy atom. The number of phenols is 3. The second-order valence-electron chi connectivity index (χ2n) is 29.2. The van der Waals surface area contributed by atoms with E-state index in [4.69, 9.17) is 14.2 Å². The average molecular weight is 1280 g/mol. The smallest absolute Gasteiger partial charge is 0.302 e. The van der Waals surface area contributed by atoms with E-state index in [1.54, 1.807) is 25.1 Å². The molecule has 4 aromatic carbocycles. The summed E-state index contributed by atoms with van der Waals surface area (Å²) in [6, 6.07) is 19.4. The molecule has 16 rings (SSSR count). The average Bonchev–Trinajstić information content (AvgIpc) is 1.56. The first-order valence-electron chi connectivity index (χ1n) is 34.5. The van der Waals surface area contributed by atoms with Crippen LogP contribution in [0.15, 0.2) is 145 Å². The molecule has 2 fully saturated rings. The Morgan fingerprint density at radius 2 is 1.78 bits per heavy atom. The first-order chi connectivity index (χ1) is 46.0. The quantitative estimate of drug-likeness (QED) is 0.0450. The fraction of sp³-hybridized carbons (Fsp3) is 0.438. The number of nitrogens with zero attached hydrogens (tertiary/aromatic N) is 2. The summed E-state index contributed by atoms with van der Waals surface area (Å²) in [5, 5.41) is 64.9. The van der Waals surface area contributed by atoms with Crippen LogP contribution in [0.1, 0.15) is 179 Å². The standard InChI is InChI=1S/C80H86N4O11/c1-47(86)23-29-83-68-19-18-63-75-66(68)44-84-69(54-34-71(91)76(72(35-54)93-3)95-61-32-49(31-58(89)38-61)16-17-51(45-85)30-50-20-24-78(40-50)26-27-79(46-78,77(63)92)41-70(75)84)39-59(90)37-60(94-48(2)87)21-25-80-55-9-5-10-56(80)12-7-15-67(80)65-43-81-42-64(65)62(14-6-11-55)74(52-8-4-13-57(88)33-52)53-22-28-82-73(83)36-53/h4-5,7-10,13,15,18-19,22,31-36,38,42-44,50-51,56,60,62,67,69,74,77,81-82,85,88-89,91-92H,11-12,16-17,20-21,23-30,37,39-41,45-46H2,1-3H3/t50-,51-,56+,60+,62-,67+,69+,74+,77-,78+,79+,80+/m0/s1. The molecule has 0 amide bonds. The molecule has 15 nitrogen and oxygen atoms in total. The van der Waals surface area contributed by atoms with E-state index in [9.17, 15) is 35.1 Å². The number of aryl methyl sites for hydroxylation is 1. The Morgan fingerprint density at radius 1 is 0.905 bits per heavy atom. The number of anilines is 1. The van der Waals surface area contributed by atoms with Crippen LogP contribution in [0.25, 0.3) is 10.8 Å². The number of aliphatic hydroxyl groups excluding tert-OH is 2. The SMILES string of the molecule is COc1cc2cc(O)c1Oc1cc(O)cc(c1)CC[C@H](CO)C[C@@H]1CC[C@@]3(CC[C@@]4(Cc5c6c(ccc7c6cn5[C@@H]2CC(=O)C[C@H](OC(C)=O)CC[C@@]25C6=CC=C[C@@H]2CC=C[C@@H]5c2c[nH]cc2[C@H](C#CC6)[C@H](c2cccc(O)c2)C2=CCNC(=C2)N7CCC(C)=O)[C@@H]4O)C3)C1. The number of dihydropyridines is 1. The van der Waals surface area contributed by atoms with Crippen LogP contribution in [0.4, 0.5) is 5.69 Å². The minimum atomic E-state index is -0.842. The van der Waals surface area contributed by atoms with E-state index < -0.39 is 46.9 Å². The van der Waals surface area contributed by atoms with Gasteiger partial charge in [-0.15, -0.1) is 0 Å². The van der Waals surface area contributed by atoms with Gasteiger partial charge in [-0.3, -0.25) is 14.4 Å². The number of aliphatic hydroxyl groups is 2. The zero-order chi connectivity index (χ0) is 65.5. The third-order valence-corrected chi connectivity index (χ3v) is 23.5. The Bertz CT molecular complexity index is 4300. The lowest BCUT2D eigenvalue weighted by molar-refractivity contribution is -0.148. The van der Waals surface area contributed by atoms with Gasteiger partial charge in [0, 0.05) is 116 Å². The number of phenolic OH excluding ortho intramolecular Hbond substituents is 3. The molecule has 10 aliphatic rings. The highest BCUT2D eigenvalue weighted by Crippen LogP contribution is 2.67. The predicted molar refractivity (Wildman–Crippen MR) is 363 cm³/mol. The van der Waals surface area contributed by atoms with E-state index in [-0.39, 0.29) is 95.1 Å². The van der Waals surface area contributed by atoms with Gasteiger partial charge < -0.3 is 59.5 Å². The van der Waals surface area contributed by atoms with Crippen LogP contribution in [-0.2, 0) is 32.0 Å². The van der Waals surface area contributed by atoms with Gasteiger partial charge >= 0.3 is 5.97 Å². The normalized spacial score (nSPS) is 29.9. The van der Waals surface area contributed by atoms with Crippen LogP contribution in [0.5, 0.6) is 34.5 Å². The van der Waals surface area contributed by atoms with Crippen LogP contribution >= 0.6 is 0 Å². The Balaban J connectivity index is 0.966. The van der Waals surface area contributed by atoms with Gasteiger partial charge in [-0.2, -0.15) is 0 Å². The number of rotatable bonds is 7. The summed E-state index contributed by atoms with van der Waals surface area (Å²) in [5.74, 6) is 7.62. The molecule has 95 heavy (non-hydrogen) atoms. The van der Waals surface area contributed by atoms with E-state index in [0.717, 1.165) is 113 Å². The molecule has 15 heteroatoms. The number of benzene rings is 4. The van der Waals surface area contributed by atoms with E-state index in [1.807, 2.05) is 24.3 Å². The van der Waals surface area contributed by atoms with Crippen molar-refractivity contribution in [3.05, 3.63) is 184 Å². The van der Waals surface area contributed by atoms with Crippen molar-refractivity contribution in [3.8, 4) is 46.3 Å². The largest absolute Gasteiger partial charge is 0.508 e. The van der Waals surface area contributed by atoms with Crippen LogP contribution in [0, 0.1) is 45.8 Å². The third-order valence-electron chi connectivity index (χ3n) is 23.5. The second-order valence-corrected chi connectivity index (χ2v) is 29.2. The highest BCUT2D eigenvalue weighted by Gasteiger charge is 2.57. The Hall–Kier alpha value is -8.71. The zero-order valence-corrected chi connectivity index (χ0v) is 54.5. The lowest BCUT2D eigenvalue weighted by Crippen LogP contribution is -2.41. The van der Waals surface area contributed by atoms with Gasteiger partial charge in [-0.25, -0.2) is 0 Å². The lowest BCUT2D eigenvalue weighted by Gasteiger charge is -2.50. The fourth-order valence-electron chi connectivity index (χ4n) is 19.4. The monoisotopic (exact) mass is 1280 g/mol. The first kappa shape index (κ1) is 62.4. The third kappa shape index (κ3) is 11.3. The number of hydrogen-bond acceptors (Lipinski definition) is 13.